The van der Waals surface area contributed by atoms with Gasteiger partial charge in [-0.05, 0) is 48.4 Å². The quantitative estimate of drug-likeness (QED) is 0.685. The number of aryl methyl sites for hydroxylation is 1. The average Bonchev–Trinajstić information content (AvgIpc) is 2.77. The summed E-state index contributed by atoms with van der Waals surface area (Å²) in [4.78, 5) is 28.0. The molecule has 2 aromatic carbocycles. The number of amides is 3. The zero-order valence-corrected chi connectivity index (χ0v) is 18.4. The van der Waals surface area contributed by atoms with E-state index in [4.69, 9.17) is 0 Å². The van der Waals surface area contributed by atoms with Gasteiger partial charge in [-0.25, -0.2) is 4.79 Å². The number of anilines is 2. The van der Waals surface area contributed by atoms with Crippen LogP contribution in [-0.4, -0.2) is 23.1 Å². The Balaban J connectivity index is 1.76. The molecule has 4 rings (SSSR count). The van der Waals surface area contributed by atoms with Crippen molar-refractivity contribution in [1.82, 2.24) is 5.32 Å². The highest BCUT2D eigenvalue weighted by Crippen LogP contribution is 2.40. The Hall–Kier alpha value is -2.86. The van der Waals surface area contributed by atoms with Crippen molar-refractivity contribution >= 4 is 23.3 Å². The first-order valence-corrected chi connectivity index (χ1v) is 11.2. The summed E-state index contributed by atoms with van der Waals surface area (Å²) in [5, 5.41) is 17.8. The fourth-order valence-electron chi connectivity index (χ4n) is 4.80. The molecule has 2 aliphatic rings. The molecule has 1 fully saturated rings. The van der Waals surface area contributed by atoms with Crippen molar-refractivity contribution < 1.29 is 14.7 Å². The summed E-state index contributed by atoms with van der Waals surface area (Å²) in [6, 6.07) is 13.7. The molecule has 1 saturated carbocycles. The predicted molar refractivity (Wildman–Crippen MR) is 122 cm³/mol. The maximum absolute atomic E-state index is 13.7. The van der Waals surface area contributed by atoms with Crippen LogP contribution in [0.4, 0.5) is 16.2 Å². The maximum Gasteiger partial charge on any atom is 0.329 e. The van der Waals surface area contributed by atoms with Crippen LogP contribution in [0.15, 0.2) is 48.5 Å². The van der Waals surface area contributed by atoms with Crippen molar-refractivity contribution in [3.63, 3.8) is 0 Å². The van der Waals surface area contributed by atoms with Gasteiger partial charge in [0.15, 0.2) is 0 Å². The maximum atomic E-state index is 13.7. The lowest BCUT2D eigenvalue weighted by Gasteiger charge is -2.44. The predicted octanol–water partition coefficient (Wildman–Crippen LogP) is 4.39. The van der Waals surface area contributed by atoms with Crippen LogP contribution < -0.4 is 15.5 Å². The minimum absolute atomic E-state index is 0.0401. The summed E-state index contributed by atoms with van der Waals surface area (Å²) in [7, 11) is 0. The number of rotatable bonds is 4. The Kier molecular flexibility index (Phi) is 5.75. The molecule has 3 N–H and O–H groups in total. The van der Waals surface area contributed by atoms with E-state index < -0.39 is 17.7 Å². The number of hydrogen-bond donors (Lipinski definition) is 3. The molecule has 3 amide bonds. The molecule has 1 aliphatic carbocycles. The van der Waals surface area contributed by atoms with E-state index in [1.165, 1.54) is 4.90 Å². The first-order chi connectivity index (χ1) is 14.9. The van der Waals surface area contributed by atoms with Crippen LogP contribution in [0.3, 0.4) is 0 Å². The molecule has 0 saturated heterocycles. The minimum Gasteiger partial charge on any atom is -0.359 e. The molecular weight excluding hydrogens is 390 g/mol. The van der Waals surface area contributed by atoms with Crippen LogP contribution in [0.2, 0.25) is 0 Å². The summed E-state index contributed by atoms with van der Waals surface area (Å²) in [6.07, 6.45) is 3.90. The monoisotopic (exact) mass is 421 g/mol. The largest absolute Gasteiger partial charge is 0.359 e. The molecule has 1 heterocycles. The first kappa shape index (κ1) is 21.4. The summed E-state index contributed by atoms with van der Waals surface area (Å²) >= 11 is 0. The third kappa shape index (κ3) is 3.69. The molecule has 0 spiro atoms. The Bertz CT molecular complexity index is 974. The summed E-state index contributed by atoms with van der Waals surface area (Å²) in [6.45, 7) is 6.39. The number of para-hydroxylation sites is 1. The van der Waals surface area contributed by atoms with Crippen LogP contribution in [0.25, 0.3) is 0 Å². The first-order valence-electron chi connectivity index (χ1n) is 11.2. The third-order valence-electron chi connectivity index (χ3n) is 7.01. The standard InChI is InChI=1S/C25H31N3O3/c1-4-18-12-14-19(15-13-18)28-24(30)27-22-10-6-5-9-20(22)25(28,31)23(29)26-21-11-7-8-16(2)17(21)3/h5-6,9-10,12-17,21,31H,4,7-8,11H2,1-3H3,(H,26,29)(H,27,30)/t16-,17-,21-,25+/m1/s1. The molecule has 0 bridgehead atoms. The fourth-order valence-corrected chi connectivity index (χ4v) is 4.80. The SMILES string of the molecule is CCc1ccc(N2C(=O)Nc3ccccc3[C@]2(O)C(=O)N[C@@H]2CCC[C@@H](C)[C@H]2C)cc1. The van der Waals surface area contributed by atoms with Gasteiger partial charge >= 0.3 is 6.03 Å². The second-order valence-corrected chi connectivity index (χ2v) is 8.85. The van der Waals surface area contributed by atoms with Crippen LogP contribution in [0, 0.1) is 11.8 Å². The number of fused-ring (bicyclic) bond motifs is 1. The summed E-state index contributed by atoms with van der Waals surface area (Å²) < 4.78 is 0. The Labute approximate surface area is 183 Å². The van der Waals surface area contributed by atoms with Crippen LogP contribution in [0.1, 0.15) is 51.2 Å². The lowest BCUT2D eigenvalue weighted by Crippen LogP contribution is -2.64. The van der Waals surface area contributed by atoms with E-state index in [0.29, 0.717) is 28.8 Å². The highest BCUT2D eigenvalue weighted by Gasteiger charge is 2.52. The number of aliphatic hydroxyl groups is 1. The summed E-state index contributed by atoms with van der Waals surface area (Å²) in [5.41, 5.74) is 0.235. The molecule has 2 aromatic rings. The van der Waals surface area contributed by atoms with Crippen molar-refractivity contribution in [3.05, 3.63) is 59.7 Å². The molecule has 4 atom stereocenters. The third-order valence-corrected chi connectivity index (χ3v) is 7.01. The molecule has 0 aromatic heterocycles. The van der Waals surface area contributed by atoms with Crippen molar-refractivity contribution in [1.29, 1.82) is 0 Å². The number of nitrogens with one attached hydrogen (secondary N) is 2. The van der Waals surface area contributed by atoms with E-state index >= 15 is 0 Å². The number of carbonyl (C=O) groups excluding carboxylic acids is 2. The van der Waals surface area contributed by atoms with Gasteiger partial charge in [-0.1, -0.05) is 63.9 Å². The van der Waals surface area contributed by atoms with E-state index in [1.54, 1.807) is 36.4 Å². The van der Waals surface area contributed by atoms with E-state index in [1.807, 2.05) is 12.1 Å². The smallest absolute Gasteiger partial charge is 0.329 e. The molecule has 6 nitrogen and oxygen atoms in total. The van der Waals surface area contributed by atoms with E-state index in [2.05, 4.69) is 31.4 Å². The highest BCUT2D eigenvalue weighted by molar-refractivity contribution is 6.11. The number of carbonyl (C=O) groups is 2. The second-order valence-electron chi connectivity index (χ2n) is 8.85. The van der Waals surface area contributed by atoms with Gasteiger partial charge in [0, 0.05) is 17.3 Å². The van der Waals surface area contributed by atoms with Gasteiger partial charge in [-0.3, -0.25) is 9.69 Å². The van der Waals surface area contributed by atoms with Crippen molar-refractivity contribution in [2.45, 2.75) is 58.2 Å². The average molecular weight is 422 g/mol. The number of benzene rings is 2. The normalized spacial score (nSPS) is 27.9. The number of nitrogens with zero attached hydrogens (tertiary/aromatic N) is 1. The highest BCUT2D eigenvalue weighted by atomic mass is 16.3. The van der Waals surface area contributed by atoms with E-state index in [-0.39, 0.29) is 6.04 Å². The van der Waals surface area contributed by atoms with Gasteiger partial charge in [-0.2, -0.15) is 0 Å². The molecule has 6 heteroatoms. The van der Waals surface area contributed by atoms with Crippen LogP contribution >= 0.6 is 0 Å². The van der Waals surface area contributed by atoms with Crippen molar-refractivity contribution in [2.24, 2.45) is 11.8 Å². The molecular formula is C25H31N3O3. The molecule has 31 heavy (non-hydrogen) atoms. The molecule has 0 unspecified atom stereocenters. The van der Waals surface area contributed by atoms with E-state index in [9.17, 15) is 14.7 Å². The van der Waals surface area contributed by atoms with Crippen molar-refractivity contribution in [2.75, 3.05) is 10.2 Å². The Morgan fingerprint density at radius 2 is 1.87 bits per heavy atom. The topological polar surface area (TPSA) is 81.7 Å². The van der Waals surface area contributed by atoms with Gasteiger partial charge in [0.2, 0.25) is 0 Å². The second kappa shape index (κ2) is 8.35. The Morgan fingerprint density at radius 1 is 1.16 bits per heavy atom. The Morgan fingerprint density at radius 3 is 2.58 bits per heavy atom. The zero-order chi connectivity index (χ0) is 22.2. The summed E-state index contributed by atoms with van der Waals surface area (Å²) in [5.74, 6) is 0.222. The molecule has 0 radical (unpaired) electrons. The number of hydrogen-bond acceptors (Lipinski definition) is 3. The zero-order valence-electron chi connectivity index (χ0n) is 18.4. The van der Waals surface area contributed by atoms with Gasteiger partial charge in [0.1, 0.15) is 0 Å². The van der Waals surface area contributed by atoms with Gasteiger partial charge in [0.05, 0.1) is 5.69 Å². The lowest BCUT2D eigenvalue weighted by molar-refractivity contribution is -0.141. The molecule has 164 valence electrons. The van der Waals surface area contributed by atoms with Crippen LogP contribution in [0.5, 0.6) is 0 Å². The van der Waals surface area contributed by atoms with Gasteiger partial charge in [0.25, 0.3) is 11.6 Å². The van der Waals surface area contributed by atoms with Gasteiger partial charge in [-0.15, -0.1) is 0 Å². The van der Waals surface area contributed by atoms with E-state index in [0.717, 1.165) is 31.2 Å². The lowest BCUT2D eigenvalue weighted by atomic mass is 9.78. The number of urea groups is 1. The minimum atomic E-state index is -2.15. The van der Waals surface area contributed by atoms with Crippen molar-refractivity contribution in [3.8, 4) is 0 Å². The van der Waals surface area contributed by atoms with Crippen LogP contribution in [-0.2, 0) is 16.9 Å². The van der Waals surface area contributed by atoms with Gasteiger partial charge < -0.3 is 15.7 Å². The fraction of sp³-hybridized carbons (Fsp3) is 0.440. The molecule has 1 aliphatic heterocycles.